The summed E-state index contributed by atoms with van der Waals surface area (Å²) in [5.41, 5.74) is 7.20. The van der Waals surface area contributed by atoms with E-state index in [4.69, 9.17) is 5.73 Å². The normalized spacial score (nSPS) is 11.3. The first-order valence-electron chi connectivity index (χ1n) is 6.48. The monoisotopic (exact) mass is 249 g/mol. The van der Waals surface area contributed by atoms with Crippen LogP contribution >= 0.6 is 0 Å². The van der Waals surface area contributed by atoms with Crippen molar-refractivity contribution in [1.29, 1.82) is 0 Å². The third-order valence-corrected chi connectivity index (χ3v) is 3.78. The van der Waals surface area contributed by atoms with Gasteiger partial charge in [0.2, 0.25) is 0 Å². The third-order valence-electron chi connectivity index (χ3n) is 3.78. The molecular formula is C14H23N3O. The van der Waals surface area contributed by atoms with Gasteiger partial charge < -0.3 is 11.1 Å². The SMILES string of the molecule is CCC(CC)(CN)CNC(=O)c1ncccc1C. The van der Waals surface area contributed by atoms with Crippen molar-refractivity contribution in [3.05, 3.63) is 29.6 Å². The molecule has 0 atom stereocenters. The summed E-state index contributed by atoms with van der Waals surface area (Å²) in [4.78, 5) is 16.2. The van der Waals surface area contributed by atoms with Crippen LogP contribution in [0.25, 0.3) is 0 Å². The molecule has 4 nitrogen and oxygen atoms in total. The minimum absolute atomic E-state index is 0.00164. The molecule has 0 fully saturated rings. The van der Waals surface area contributed by atoms with Gasteiger partial charge in [0.15, 0.2) is 0 Å². The highest BCUT2D eigenvalue weighted by atomic mass is 16.1. The first-order chi connectivity index (χ1) is 8.58. The first-order valence-corrected chi connectivity index (χ1v) is 6.48. The number of aryl methyl sites for hydroxylation is 1. The van der Waals surface area contributed by atoms with Gasteiger partial charge in [-0.3, -0.25) is 9.78 Å². The van der Waals surface area contributed by atoms with Crippen LogP contribution in [0.15, 0.2) is 18.3 Å². The van der Waals surface area contributed by atoms with Gasteiger partial charge in [-0.15, -0.1) is 0 Å². The Labute approximate surface area is 109 Å². The Balaban J connectivity index is 2.69. The Bertz CT molecular complexity index is 392. The fourth-order valence-electron chi connectivity index (χ4n) is 1.94. The minimum Gasteiger partial charge on any atom is -0.350 e. The van der Waals surface area contributed by atoms with Crippen LogP contribution in [0.1, 0.15) is 42.7 Å². The van der Waals surface area contributed by atoms with E-state index in [9.17, 15) is 4.79 Å². The van der Waals surface area contributed by atoms with Crippen molar-refractivity contribution in [2.24, 2.45) is 11.1 Å². The molecule has 100 valence electrons. The molecule has 0 aliphatic rings. The molecule has 0 bridgehead atoms. The molecule has 1 rings (SSSR count). The van der Waals surface area contributed by atoms with E-state index in [1.54, 1.807) is 6.20 Å². The van der Waals surface area contributed by atoms with Gasteiger partial charge in [-0.25, -0.2) is 0 Å². The molecule has 4 heteroatoms. The second kappa shape index (κ2) is 6.50. The Morgan fingerprint density at radius 3 is 2.61 bits per heavy atom. The van der Waals surface area contributed by atoms with Gasteiger partial charge in [0, 0.05) is 12.7 Å². The number of amides is 1. The average Bonchev–Trinajstić information content (AvgIpc) is 2.41. The average molecular weight is 249 g/mol. The number of nitrogens with one attached hydrogen (secondary N) is 1. The number of hydrogen-bond donors (Lipinski definition) is 2. The van der Waals surface area contributed by atoms with Crippen LogP contribution in [0.3, 0.4) is 0 Å². The predicted molar refractivity (Wildman–Crippen MR) is 73.4 cm³/mol. The van der Waals surface area contributed by atoms with Gasteiger partial charge in [-0.2, -0.15) is 0 Å². The number of carbonyl (C=O) groups excluding carboxylic acids is 1. The fourth-order valence-corrected chi connectivity index (χ4v) is 1.94. The predicted octanol–water partition coefficient (Wildman–Crippen LogP) is 1.88. The smallest absolute Gasteiger partial charge is 0.270 e. The van der Waals surface area contributed by atoms with Crippen molar-refractivity contribution in [3.8, 4) is 0 Å². The molecule has 1 heterocycles. The topological polar surface area (TPSA) is 68.0 Å². The maximum absolute atomic E-state index is 12.0. The zero-order valence-corrected chi connectivity index (χ0v) is 11.5. The van der Waals surface area contributed by atoms with Crippen LogP contribution in [0.4, 0.5) is 0 Å². The van der Waals surface area contributed by atoms with Crippen LogP contribution in [-0.2, 0) is 0 Å². The molecule has 0 unspecified atom stereocenters. The van der Waals surface area contributed by atoms with E-state index < -0.39 is 0 Å². The second-order valence-electron chi connectivity index (χ2n) is 4.76. The van der Waals surface area contributed by atoms with Crippen molar-refractivity contribution in [1.82, 2.24) is 10.3 Å². The van der Waals surface area contributed by atoms with E-state index in [1.165, 1.54) is 0 Å². The van der Waals surface area contributed by atoms with Crippen molar-refractivity contribution < 1.29 is 4.79 Å². The maximum atomic E-state index is 12.0. The number of carbonyl (C=O) groups is 1. The van der Waals surface area contributed by atoms with Crippen molar-refractivity contribution in [3.63, 3.8) is 0 Å². The van der Waals surface area contributed by atoms with Gasteiger partial charge >= 0.3 is 0 Å². The number of rotatable bonds is 6. The number of nitrogens with two attached hydrogens (primary N) is 1. The Morgan fingerprint density at radius 1 is 1.44 bits per heavy atom. The zero-order chi connectivity index (χ0) is 13.6. The molecule has 0 spiro atoms. The highest BCUT2D eigenvalue weighted by Gasteiger charge is 2.25. The highest BCUT2D eigenvalue weighted by Crippen LogP contribution is 2.23. The summed E-state index contributed by atoms with van der Waals surface area (Å²) in [6.45, 7) is 7.29. The molecule has 18 heavy (non-hydrogen) atoms. The highest BCUT2D eigenvalue weighted by molar-refractivity contribution is 5.93. The largest absolute Gasteiger partial charge is 0.350 e. The lowest BCUT2D eigenvalue weighted by Crippen LogP contribution is -2.42. The van der Waals surface area contributed by atoms with Gasteiger partial charge in [-0.1, -0.05) is 19.9 Å². The van der Waals surface area contributed by atoms with Crippen LogP contribution in [-0.4, -0.2) is 24.0 Å². The van der Waals surface area contributed by atoms with Crippen LogP contribution < -0.4 is 11.1 Å². The van der Waals surface area contributed by atoms with Crippen molar-refractivity contribution in [2.45, 2.75) is 33.6 Å². The van der Waals surface area contributed by atoms with E-state index >= 15 is 0 Å². The summed E-state index contributed by atoms with van der Waals surface area (Å²) < 4.78 is 0. The van der Waals surface area contributed by atoms with Gasteiger partial charge in [-0.05, 0) is 43.4 Å². The minimum atomic E-state index is -0.118. The maximum Gasteiger partial charge on any atom is 0.270 e. The Morgan fingerprint density at radius 2 is 2.11 bits per heavy atom. The molecule has 0 aromatic carbocycles. The summed E-state index contributed by atoms with van der Waals surface area (Å²) in [7, 11) is 0. The summed E-state index contributed by atoms with van der Waals surface area (Å²) in [5, 5.41) is 2.95. The quantitative estimate of drug-likeness (QED) is 0.809. The van der Waals surface area contributed by atoms with Crippen molar-refractivity contribution in [2.75, 3.05) is 13.1 Å². The lowest BCUT2D eigenvalue weighted by Gasteiger charge is -2.30. The standard InChI is InChI=1S/C14H23N3O/c1-4-14(5-2,9-15)10-17-13(18)12-11(3)7-6-8-16-12/h6-8H,4-5,9-10,15H2,1-3H3,(H,17,18). The molecule has 1 aromatic rings. The summed E-state index contributed by atoms with van der Waals surface area (Å²) >= 11 is 0. The molecule has 0 saturated carbocycles. The molecule has 1 amide bonds. The number of hydrogen-bond acceptors (Lipinski definition) is 3. The summed E-state index contributed by atoms with van der Waals surface area (Å²) in [6.07, 6.45) is 3.56. The molecular weight excluding hydrogens is 226 g/mol. The fraction of sp³-hybridized carbons (Fsp3) is 0.571. The number of pyridine rings is 1. The lowest BCUT2D eigenvalue weighted by atomic mass is 9.82. The summed E-state index contributed by atoms with van der Waals surface area (Å²) in [5.74, 6) is -0.118. The second-order valence-corrected chi connectivity index (χ2v) is 4.76. The third kappa shape index (κ3) is 3.29. The van der Waals surface area contributed by atoms with E-state index in [0.717, 1.165) is 18.4 Å². The van der Waals surface area contributed by atoms with E-state index in [-0.39, 0.29) is 11.3 Å². The van der Waals surface area contributed by atoms with E-state index in [1.807, 2.05) is 19.1 Å². The van der Waals surface area contributed by atoms with Gasteiger partial charge in [0.05, 0.1) is 0 Å². The Hall–Kier alpha value is -1.42. The number of nitrogens with zero attached hydrogens (tertiary/aromatic N) is 1. The van der Waals surface area contributed by atoms with Crippen LogP contribution in [0.5, 0.6) is 0 Å². The van der Waals surface area contributed by atoms with Gasteiger partial charge in [0.25, 0.3) is 5.91 Å². The molecule has 0 radical (unpaired) electrons. The molecule has 0 aliphatic carbocycles. The first kappa shape index (κ1) is 14.6. The molecule has 3 N–H and O–H groups in total. The molecule has 1 aromatic heterocycles. The van der Waals surface area contributed by atoms with Crippen LogP contribution in [0.2, 0.25) is 0 Å². The zero-order valence-electron chi connectivity index (χ0n) is 11.5. The van der Waals surface area contributed by atoms with Crippen molar-refractivity contribution >= 4 is 5.91 Å². The van der Waals surface area contributed by atoms with Gasteiger partial charge in [0.1, 0.15) is 5.69 Å². The van der Waals surface area contributed by atoms with E-state index in [2.05, 4.69) is 24.1 Å². The Kier molecular flexibility index (Phi) is 5.28. The van der Waals surface area contributed by atoms with E-state index in [0.29, 0.717) is 18.8 Å². The molecule has 0 aliphatic heterocycles. The lowest BCUT2D eigenvalue weighted by molar-refractivity contribution is 0.0922. The molecule has 0 saturated heterocycles. The number of aromatic nitrogens is 1. The van der Waals surface area contributed by atoms with Crippen LogP contribution in [0, 0.1) is 12.3 Å². The summed E-state index contributed by atoms with van der Waals surface area (Å²) in [6, 6.07) is 3.71.